The topological polar surface area (TPSA) is 83.2 Å². The molecule has 1 heterocycles. The van der Waals surface area contributed by atoms with Gasteiger partial charge in [-0.1, -0.05) is 18.2 Å². The zero-order chi connectivity index (χ0) is 15.1. The van der Waals surface area contributed by atoms with Crippen molar-refractivity contribution in [2.45, 2.75) is 0 Å². The average Bonchev–Trinajstić information content (AvgIpc) is 2.49. The second kappa shape index (κ2) is 7.56. The number of methoxy groups -OCH3 is 1. The highest BCUT2D eigenvalue weighted by Crippen LogP contribution is 2.09. The summed E-state index contributed by atoms with van der Waals surface area (Å²) in [7, 11) is 1.63. The van der Waals surface area contributed by atoms with E-state index in [0.29, 0.717) is 19.7 Å². The van der Waals surface area contributed by atoms with Crippen LogP contribution in [0.1, 0.15) is 10.4 Å². The number of H-pyrrole nitrogens is 1. The van der Waals surface area contributed by atoms with Crippen LogP contribution in [0.2, 0.25) is 0 Å². The van der Waals surface area contributed by atoms with Crippen LogP contribution >= 0.6 is 0 Å². The Kier molecular flexibility index (Phi) is 5.48. The molecular formula is C15H19N3O3. The van der Waals surface area contributed by atoms with Crippen molar-refractivity contribution in [2.24, 2.45) is 0 Å². The SMILES string of the molecule is COCCNCCNC(=O)c1cc2ccccc2[nH]c1=O. The number of aromatic nitrogens is 1. The van der Waals surface area contributed by atoms with Gasteiger partial charge < -0.3 is 20.4 Å². The number of carbonyl (C=O) groups excluding carboxylic acids is 1. The minimum Gasteiger partial charge on any atom is -0.383 e. The molecule has 112 valence electrons. The summed E-state index contributed by atoms with van der Waals surface area (Å²) >= 11 is 0. The van der Waals surface area contributed by atoms with E-state index in [0.717, 1.165) is 17.4 Å². The van der Waals surface area contributed by atoms with Crippen LogP contribution in [0.4, 0.5) is 0 Å². The second-order valence-electron chi connectivity index (χ2n) is 4.60. The van der Waals surface area contributed by atoms with Crippen LogP contribution < -0.4 is 16.2 Å². The van der Waals surface area contributed by atoms with Gasteiger partial charge in [0.25, 0.3) is 11.5 Å². The van der Waals surface area contributed by atoms with E-state index in [2.05, 4.69) is 15.6 Å². The largest absolute Gasteiger partial charge is 0.383 e. The van der Waals surface area contributed by atoms with Gasteiger partial charge in [0.2, 0.25) is 0 Å². The molecule has 0 aliphatic carbocycles. The fourth-order valence-electron chi connectivity index (χ4n) is 1.97. The van der Waals surface area contributed by atoms with Crippen LogP contribution in [0.3, 0.4) is 0 Å². The Labute approximate surface area is 122 Å². The number of amides is 1. The standard InChI is InChI=1S/C15H19N3O3/c1-21-9-8-16-6-7-17-14(19)12-10-11-4-2-3-5-13(11)18-15(12)20/h2-5,10,16H,6-9H2,1H3,(H,17,19)(H,18,20). The van der Waals surface area contributed by atoms with Crippen LogP contribution in [0.25, 0.3) is 10.9 Å². The number of nitrogens with one attached hydrogen (secondary N) is 3. The molecule has 1 aromatic heterocycles. The summed E-state index contributed by atoms with van der Waals surface area (Å²) in [5.74, 6) is -0.365. The van der Waals surface area contributed by atoms with Gasteiger partial charge in [0.05, 0.1) is 6.61 Å². The van der Waals surface area contributed by atoms with Crippen molar-refractivity contribution in [3.8, 4) is 0 Å². The maximum Gasteiger partial charge on any atom is 0.261 e. The number of hydrogen-bond donors (Lipinski definition) is 3. The number of carbonyl (C=O) groups is 1. The molecule has 0 radical (unpaired) electrons. The molecule has 0 unspecified atom stereocenters. The Hall–Kier alpha value is -2.18. The molecule has 2 aromatic rings. The lowest BCUT2D eigenvalue weighted by atomic mass is 10.1. The van der Waals surface area contributed by atoms with Crippen molar-refractivity contribution in [3.05, 3.63) is 46.2 Å². The number of ether oxygens (including phenoxy) is 1. The highest BCUT2D eigenvalue weighted by Gasteiger charge is 2.10. The normalized spacial score (nSPS) is 10.7. The molecule has 0 atom stereocenters. The first-order valence-corrected chi connectivity index (χ1v) is 6.82. The minimum atomic E-state index is -0.376. The van der Waals surface area contributed by atoms with Crippen LogP contribution in [0.5, 0.6) is 0 Å². The number of benzene rings is 1. The monoisotopic (exact) mass is 289 g/mol. The first-order chi connectivity index (χ1) is 10.2. The molecule has 1 amide bonds. The third-order valence-electron chi connectivity index (χ3n) is 3.07. The van der Waals surface area contributed by atoms with Crippen molar-refractivity contribution < 1.29 is 9.53 Å². The number of pyridine rings is 1. The maximum atomic E-state index is 12.0. The van der Waals surface area contributed by atoms with Gasteiger partial charge in [-0.2, -0.15) is 0 Å². The molecule has 1 aromatic carbocycles. The summed E-state index contributed by atoms with van der Waals surface area (Å²) in [6.45, 7) is 2.43. The number of para-hydroxylation sites is 1. The van der Waals surface area contributed by atoms with E-state index in [9.17, 15) is 9.59 Å². The fraction of sp³-hybridized carbons (Fsp3) is 0.333. The third kappa shape index (κ3) is 4.14. The summed E-state index contributed by atoms with van der Waals surface area (Å²) in [5.41, 5.74) is 0.476. The molecule has 0 bridgehead atoms. The number of fused-ring (bicyclic) bond motifs is 1. The van der Waals surface area contributed by atoms with Crippen molar-refractivity contribution in [1.82, 2.24) is 15.6 Å². The van der Waals surface area contributed by atoms with Gasteiger partial charge >= 0.3 is 0 Å². The predicted octanol–water partition coefficient (Wildman–Crippen LogP) is 0.494. The Balaban J connectivity index is 1.96. The van der Waals surface area contributed by atoms with Crippen LogP contribution in [0.15, 0.2) is 35.1 Å². The highest BCUT2D eigenvalue weighted by atomic mass is 16.5. The van der Waals surface area contributed by atoms with Gasteiger partial charge in [-0.25, -0.2) is 0 Å². The minimum absolute atomic E-state index is 0.130. The Bertz CT molecular complexity index is 667. The lowest BCUT2D eigenvalue weighted by Gasteiger charge is -2.07. The van der Waals surface area contributed by atoms with Crippen LogP contribution in [-0.4, -0.2) is 44.2 Å². The van der Waals surface area contributed by atoms with Gasteiger partial charge in [0.1, 0.15) is 5.56 Å². The lowest BCUT2D eigenvalue weighted by molar-refractivity contribution is 0.0952. The number of hydrogen-bond acceptors (Lipinski definition) is 4. The molecule has 0 aliphatic rings. The lowest BCUT2D eigenvalue weighted by Crippen LogP contribution is -2.35. The molecule has 0 fully saturated rings. The molecule has 6 heteroatoms. The van der Waals surface area contributed by atoms with E-state index in [4.69, 9.17) is 4.74 Å². The highest BCUT2D eigenvalue weighted by molar-refractivity contribution is 5.97. The van der Waals surface area contributed by atoms with E-state index in [1.165, 1.54) is 0 Å². The van der Waals surface area contributed by atoms with Crippen molar-refractivity contribution >= 4 is 16.8 Å². The smallest absolute Gasteiger partial charge is 0.261 e. The zero-order valence-electron chi connectivity index (χ0n) is 11.9. The van der Waals surface area contributed by atoms with Gasteiger partial charge in [-0.05, 0) is 17.5 Å². The Morgan fingerprint density at radius 3 is 2.86 bits per heavy atom. The van der Waals surface area contributed by atoms with Gasteiger partial charge in [0, 0.05) is 32.3 Å². The van der Waals surface area contributed by atoms with Crippen molar-refractivity contribution in [2.75, 3.05) is 33.4 Å². The summed E-state index contributed by atoms with van der Waals surface area (Å²) in [6.07, 6.45) is 0. The first-order valence-electron chi connectivity index (χ1n) is 6.82. The second-order valence-corrected chi connectivity index (χ2v) is 4.60. The van der Waals surface area contributed by atoms with Gasteiger partial charge in [-0.15, -0.1) is 0 Å². The molecule has 3 N–H and O–H groups in total. The summed E-state index contributed by atoms with van der Waals surface area (Å²) in [6, 6.07) is 8.97. The van der Waals surface area contributed by atoms with Crippen LogP contribution in [-0.2, 0) is 4.74 Å². The quantitative estimate of drug-likeness (QED) is 0.648. The van der Waals surface area contributed by atoms with E-state index < -0.39 is 0 Å². The zero-order valence-corrected chi connectivity index (χ0v) is 11.9. The number of rotatable bonds is 7. The molecule has 0 saturated carbocycles. The molecule has 0 saturated heterocycles. The summed E-state index contributed by atoms with van der Waals surface area (Å²) in [5, 5.41) is 6.66. The van der Waals surface area contributed by atoms with E-state index >= 15 is 0 Å². The van der Waals surface area contributed by atoms with Gasteiger partial charge in [-0.3, -0.25) is 9.59 Å². The average molecular weight is 289 g/mol. The Morgan fingerprint density at radius 2 is 2.05 bits per heavy atom. The molecule has 2 rings (SSSR count). The predicted molar refractivity (Wildman–Crippen MR) is 81.6 cm³/mol. The maximum absolute atomic E-state index is 12.0. The molecular weight excluding hydrogens is 270 g/mol. The van der Waals surface area contributed by atoms with Gasteiger partial charge in [0.15, 0.2) is 0 Å². The molecule has 6 nitrogen and oxygen atoms in total. The molecule has 0 aliphatic heterocycles. The van der Waals surface area contributed by atoms with Crippen LogP contribution in [0, 0.1) is 0 Å². The van der Waals surface area contributed by atoms with Crippen molar-refractivity contribution in [3.63, 3.8) is 0 Å². The van der Waals surface area contributed by atoms with E-state index in [-0.39, 0.29) is 17.0 Å². The molecule has 21 heavy (non-hydrogen) atoms. The molecule has 0 spiro atoms. The fourth-order valence-corrected chi connectivity index (χ4v) is 1.97. The third-order valence-corrected chi connectivity index (χ3v) is 3.07. The van der Waals surface area contributed by atoms with E-state index in [1.54, 1.807) is 19.2 Å². The summed E-state index contributed by atoms with van der Waals surface area (Å²) in [4.78, 5) is 26.6. The Morgan fingerprint density at radius 1 is 1.24 bits per heavy atom. The van der Waals surface area contributed by atoms with Crippen molar-refractivity contribution in [1.29, 1.82) is 0 Å². The number of aromatic amines is 1. The first kappa shape index (κ1) is 15.2. The summed E-state index contributed by atoms with van der Waals surface area (Å²) < 4.78 is 4.90. The van der Waals surface area contributed by atoms with E-state index in [1.807, 2.05) is 18.2 Å².